The van der Waals surface area contributed by atoms with Crippen molar-refractivity contribution < 1.29 is 85.9 Å². The molecular weight excluding hydrogens is 1130 g/mol. The summed E-state index contributed by atoms with van der Waals surface area (Å²) < 4.78 is 90.6. The standard InChI is InChI=1S/C10H13ClFN3O3.C10H17F2N3O3.C10H18FN3O4.C10H16FN3O4.5C2H6.CH4/c2*1-2-5-7(16)6(12)9(18-5)15-3-4(11)8(13)14-10(15)17;2*1-4-2-14(10(17)13-8(4)12)9-6(11)7(16)5(3-15)18-9;5*1-2;/h3,5-7,9,16H,2H2,1H3,(H2,13,14,17);4-9,16H,2-3,13H2,1H3,(H,14,17);4-9,15-16H,2-3,12H2,1H3,(H,13,17);2,5-9,15-16H,3,12H2,1H3,(H,13,17);5*1-2H3;1H4/t5-,6-,7+,9-;4-,5-,6-,7+,8+,9-;4-,5+,6-,7?,8+,9?;5-,6?,7+,8-,9+;;;;;;/m0001....../s1/i2*12-1;2*11-1;;;;;;. The molecule has 1 aromatic heterocycles. The minimum absolute atomic E-state index is 0. The van der Waals surface area contributed by atoms with Crippen LogP contribution in [0.2, 0.25) is 5.02 Å². The summed E-state index contributed by atoms with van der Waals surface area (Å²) in [5.41, 5.74) is 21.8. The Morgan fingerprint density at radius 2 is 0.988 bits per heavy atom. The molecule has 488 valence electrons. The Kier molecular flexibility index (Phi) is 38.3. The number of nitrogen functional groups attached to an aromatic ring is 1. The number of carbonyl (C=O) groups is 3. The van der Waals surface area contributed by atoms with Crippen molar-refractivity contribution in [2.75, 3.05) is 32.0 Å². The molecule has 3 unspecified atom stereocenters. The number of carbonyl (C=O) groups excluding carboxylic acids is 3. The molecule has 0 spiro atoms. The van der Waals surface area contributed by atoms with Crippen molar-refractivity contribution in [2.45, 2.75) is 240 Å². The van der Waals surface area contributed by atoms with E-state index in [0.29, 0.717) is 18.4 Å². The number of nitrogens with two attached hydrogens (primary N) is 4. The fourth-order valence-corrected chi connectivity index (χ4v) is 8.41. The van der Waals surface area contributed by atoms with E-state index >= 15 is 0 Å². The summed E-state index contributed by atoms with van der Waals surface area (Å²) in [4.78, 5) is 53.2. The van der Waals surface area contributed by atoms with Crippen molar-refractivity contribution in [3.8, 4) is 0 Å². The van der Waals surface area contributed by atoms with Crippen LogP contribution >= 0.6 is 11.6 Å². The van der Waals surface area contributed by atoms with Crippen LogP contribution in [0.3, 0.4) is 0 Å². The number of halogens is 6. The van der Waals surface area contributed by atoms with Crippen molar-refractivity contribution in [1.29, 1.82) is 0 Å². The number of aromatic nitrogens is 2. The lowest BCUT2D eigenvalue weighted by atomic mass is 10.1. The summed E-state index contributed by atoms with van der Waals surface area (Å²) in [6.07, 6.45) is -21.1. The van der Waals surface area contributed by atoms with Gasteiger partial charge in [-0.05, 0) is 25.3 Å². The lowest BCUT2D eigenvalue weighted by Crippen LogP contribution is -2.64. The van der Waals surface area contributed by atoms with Crippen molar-refractivity contribution in [1.82, 2.24) is 40.2 Å². The first-order valence-electron chi connectivity index (χ1n) is 27.8. The maximum Gasteiger partial charge on any atom is 0.351 e. The summed E-state index contributed by atoms with van der Waals surface area (Å²) in [6, 6.07) is -1.82. The predicted octanol–water partition coefficient (Wildman–Crippen LogP) is 2.69. The van der Waals surface area contributed by atoms with Crippen LogP contribution in [0.25, 0.3) is 0 Å². The van der Waals surface area contributed by atoms with Crippen LogP contribution in [-0.2, 0) is 18.9 Å². The molecule has 21 atom stereocenters. The number of rotatable bonds is 8. The molecule has 32 heteroatoms. The Bertz CT molecular complexity index is 2070. The van der Waals surface area contributed by atoms with Gasteiger partial charge in [-0.1, -0.05) is 109 Å². The molecular formula is C51H98ClF5N12O14. The van der Waals surface area contributed by atoms with Crippen molar-refractivity contribution in [3.63, 3.8) is 0 Å². The first-order valence-corrected chi connectivity index (χ1v) is 28.2. The summed E-state index contributed by atoms with van der Waals surface area (Å²) in [7, 11) is 0. The highest BCUT2D eigenvalue weighted by Crippen LogP contribution is 2.34. The van der Waals surface area contributed by atoms with Crippen LogP contribution in [0.5, 0.6) is 0 Å². The van der Waals surface area contributed by atoms with Gasteiger partial charge in [0.05, 0.1) is 43.2 Å². The smallest absolute Gasteiger partial charge is 0.351 e. The average Bonchev–Trinajstić information content (AvgIpc) is 4.33. The molecule has 6 amide bonds. The highest BCUT2D eigenvalue weighted by molar-refractivity contribution is 6.32. The van der Waals surface area contributed by atoms with Crippen LogP contribution in [-0.4, -0.2) is 216 Å². The van der Waals surface area contributed by atoms with Gasteiger partial charge in [-0.15, -0.1) is 0 Å². The Morgan fingerprint density at radius 1 is 0.614 bits per heavy atom. The average molecular weight is 1230 g/mol. The van der Waals surface area contributed by atoms with Gasteiger partial charge in [0.1, 0.15) is 54.8 Å². The Morgan fingerprint density at radius 3 is 1.41 bits per heavy atom. The summed E-state index contributed by atoms with van der Waals surface area (Å²) >= 11 is 5.73. The molecule has 0 radical (unpaired) electrons. The second-order valence-corrected chi connectivity index (χ2v) is 18.2. The van der Waals surface area contributed by atoms with Gasteiger partial charge in [-0.3, -0.25) is 19.3 Å². The van der Waals surface area contributed by atoms with Crippen LogP contribution < -0.4 is 44.6 Å². The van der Waals surface area contributed by atoms with Gasteiger partial charge in [0.25, 0.3) is 0 Å². The molecule has 7 aliphatic rings. The third-order valence-corrected chi connectivity index (χ3v) is 13.0. The fraction of sp³-hybridized carbons (Fsp3) is 0.824. The lowest BCUT2D eigenvalue weighted by molar-refractivity contribution is -0.0791. The largest absolute Gasteiger partial charge is 0.394 e. The molecule has 83 heavy (non-hydrogen) atoms. The second kappa shape index (κ2) is 39.4. The van der Waals surface area contributed by atoms with Gasteiger partial charge in [0.15, 0.2) is 55.8 Å². The van der Waals surface area contributed by atoms with E-state index < -0.39 is 160 Å². The van der Waals surface area contributed by atoms with E-state index in [1.54, 1.807) is 20.8 Å². The molecule has 26 nitrogen and oxygen atoms in total. The van der Waals surface area contributed by atoms with E-state index in [9.17, 15) is 61.6 Å². The quantitative estimate of drug-likeness (QED) is 0.166. The number of nitrogens with one attached hydrogen (secondary N) is 3. The van der Waals surface area contributed by atoms with Crippen molar-refractivity contribution in [2.24, 2.45) is 23.1 Å². The van der Waals surface area contributed by atoms with E-state index in [1.165, 1.54) is 6.20 Å². The van der Waals surface area contributed by atoms with Crippen LogP contribution in [0, 0.1) is 5.92 Å². The second-order valence-electron chi connectivity index (χ2n) is 17.8. The highest BCUT2D eigenvalue weighted by Gasteiger charge is 2.52. The first kappa shape index (κ1) is 80.7. The van der Waals surface area contributed by atoms with Crippen molar-refractivity contribution in [3.05, 3.63) is 33.5 Å². The predicted molar refractivity (Wildman–Crippen MR) is 302 cm³/mol. The molecule has 8 heterocycles. The minimum atomic E-state index is -1.79. The molecule has 6 fully saturated rings. The topological polar surface area (TPSA) is 394 Å². The molecule has 0 aliphatic carbocycles. The molecule has 8 rings (SSSR count). The number of nitrogens with zero attached hydrogens (tertiary/aromatic N) is 5. The number of aliphatic hydroxyl groups excluding tert-OH is 6. The fourth-order valence-electron chi connectivity index (χ4n) is 8.26. The van der Waals surface area contributed by atoms with Gasteiger partial charge in [0, 0.05) is 24.9 Å². The van der Waals surface area contributed by atoms with Gasteiger partial charge < -0.3 is 88.5 Å². The summed E-state index contributed by atoms with van der Waals surface area (Å²) in [6.45, 7) is 25.9. The molecule has 0 aromatic carbocycles. The number of hydrogen-bond donors (Lipinski definition) is 13. The Hall–Kier alpha value is -4.35. The van der Waals surface area contributed by atoms with E-state index in [4.69, 9.17) is 63.7 Å². The van der Waals surface area contributed by atoms with Gasteiger partial charge >= 0.3 is 23.8 Å². The van der Waals surface area contributed by atoms with Gasteiger partial charge in [0.2, 0.25) is 0 Å². The number of urea groups is 3. The van der Waals surface area contributed by atoms with E-state index in [0.717, 1.165) is 25.5 Å². The Balaban J connectivity index is 0. The zero-order valence-corrected chi connectivity index (χ0v) is 50.0. The number of amides is 6. The highest BCUT2D eigenvalue weighted by atomic mass is 35.5. The van der Waals surface area contributed by atoms with Gasteiger partial charge in [-0.2, -0.15) is 4.98 Å². The third-order valence-electron chi connectivity index (χ3n) is 12.7. The van der Waals surface area contributed by atoms with E-state index in [2.05, 4.69) is 20.9 Å². The van der Waals surface area contributed by atoms with Crippen LogP contribution in [0.15, 0.2) is 22.8 Å². The maximum absolute atomic E-state index is 13.9. The molecule has 6 saturated heterocycles. The SMILES string of the molecule is C.CC.CC.CC.CC.CC.CC1=CN([C@H]2O[C@H](CO)[C@H](O)C2[18F])C(=O)N[C@H]1N.CC[C@@H]1O[C@H](N2C[C@H](F)[C@H](N)NC2=O)[C@@H]([18F])[C@@H]1O.CC[C@@H]1O[C@H](n2cc(Cl)c(N)nc2=O)[C@@H]([18F])[C@@H]1O.C[C@H]1CN(C2O[C@H](CO)C(O)[C@@H]2[18F])C(=O)N[C@H]1N. The molecule has 17 N–H and O–H groups in total. The third kappa shape index (κ3) is 20.4. The van der Waals surface area contributed by atoms with Crippen LogP contribution in [0.1, 0.15) is 123 Å². The molecule has 7 aliphatic heterocycles. The lowest BCUT2D eigenvalue weighted by Gasteiger charge is -2.39. The van der Waals surface area contributed by atoms with Gasteiger partial charge in [-0.25, -0.2) is 41.1 Å². The zero-order valence-electron chi connectivity index (χ0n) is 49.3. The minimum Gasteiger partial charge on any atom is -0.394 e. The number of alkyl halides is 5. The summed E-state index contributed by atoms with van der Waals surface area (Å²) in [5.74, 6) is -0.192. The Labute approximate surface area is 489 Å². The van der Waals surface area contributed by atoms with E-state index in [1.807, 2.05) is 76.2 Å². The van der Waals surface area contributed by atoms with Crippen LogP contribution in [0.4, 0.5) is 42.2 Å². The van der Waals surface area contributed by atoms with E-state index in [-0.39, 0.29) is 37.3 Å². The molecule has 0 bridgehead atoms. The zero-order chi connectivity index (χ0) is 63.8. The number of anilines is 1. The number of hydrogen-bond acceptors (Lipinski definition) is 19. The number of aliphatic hydroxyl groups is 6. The monoisotopic (exact) mass is 1230 g/mol. The van der Waals surface area contributed by atoms with Crippen molar-refractivity contribution >= 4 is 35.5 Å². The molecule has 1 aromatic rings. The molecule has 0 saturated carbocycles. The first-order chi connectivity index (χ1) is 38.8. The normalized spacial score (nSPS) is 35.7. The maximum atomic E-state index is 13.9. The summed E-state index contributed by atoms with van der Waals surface area (Å²) in [5, 5.41) is 63.2. The number of ether oxygens (including phenoxy) is 4.